The van der Waals surface area contributed by atoms with Gasteiger partial charge in [0, 0.05) is 6.54 Å². The average molecular weight is 297 g/mol. The molecule has 0 saturated heterocycles. The van der Waals surface area contributed by atoms with Crippen LogP contribution in [0.3, 0.4) is 0 Å². The van der Waals surface area contributed by atoms with Crippen LogP contribution in [0.1, 0.15) is 57.8 Å². The number of ether oxygens (including phenoxy) is 1. The molecule has 0 amide bonds. The smallest absolute Gasteiger partial charge is 0.311 e. The third-order valence-electron chi connectivity index (χ3n) is 5.30. The summed E-state index contributed by atoms with van der Waals surface area (Å²) >= 11 is 0. The zero-order chi connectivity index (χ0) is 15.3. The third-order valence-corrected chi connectivity index (χ3v) is 5.30. The topological polar surface area (TPSA) is 49.8 Å². The number of likely N-dealkylation sites (N-methyl/N-ethyl adjacent to an activating group) is 1. The van der Waals surface area contributed by atoms with E-state index in [2.05, 4.69) is 0 Å². The van der Waals surface area contributed by atoms with Crippen molar-refractivity contribution in [2.45, 2.75) is 63.4 Å². The van der Waals surface area contributed by atoms with Crippen LogP contribution in [0.2, 0.25) is 0 Å². The zero-order valence-electron chi connectivity index (χ0n) is 13.6. The molecule has 0 aliphatic heterocycles. The molecule has 0 aromatic carbocycles. The fourth-order valence-corrected chi connectivity index (χ4v) is 4.02. The minimum absolute atomic E-state index is 0.176. The van der Waals surface area contributed by atoms with Crippen LogP contribution in [0.4, 0.5) is 0 Å². The number of rotatable bonds is 5. The molecule has 2 fully saturated rings. The van der Waals surface area contributed by atoms with Gasteiger partial charge in [-0.15, -0.1) is 0 Å². The molecule has 21 heavy (non-hydrogen) atoms. The molecule has 122 valence electrons. The lowest BCUT2D eigenvalue weighted by molar-refractivity contribution is -0.171. The molecule has 2 rings (SSSR count). The molecular formula is C17H31NO3. The predicted molar refractivity (Wildman–Crippen MR) is 83.0 cm³/mol. The Morgan fingerprint density at radius 1 is 1.14 bits per heavy atom. The molecule has 2 aliphatic carbocycles. The molecule has 0 heterocycles. The van der Waals surface area contributed by atoms with Crippen LogP contribution in [0.15, 0.2) is 0 Å². The zero-order valence-corrected chi connectivity index (χ0v) is 13.6. The maximum Gasteiger partial charge on any atom is 0.311 e. The van der Waals surface area contributed by atoms with Gasteiger partial charge in [-0.2, -0.15) is 0 Å². The van der Waals surface area contributed by atoms with Gasteiger partial charge in [-0.05, 0) is 45.7 Å². The highest BCUT2D eigenvalue weighted by molar-refractivity contribution is 5.74. The van der Waals surface area contributed by atoms with Crippen LogP contribution in [0.25, 0.3) is 0 Å². The molecule has 1 N–H and O–H groups in total. The van der Waals surface area contributed by atoms with E-state index in [1.54, 1.807) is 0 Å². The SMILES string of the molecule is CN(C)CCOC(=O)[C@H]1CCCC[C@]1(O)C1CCCCC1. The number of aliphatic hydroxyl groups is 1. The van der Waals surface area contributed by atoms with E-state index >= 15 is 0 Å². The summed E-state index contributed by atoms with van der Waals surface area (Å²) in [5.41, 5.74) is -0.812. The van der Waals surface area contributed by atoms with Gasteiger partial charge < -0.3 is 14.7 Å². The first-order valence-corrected chi connectivity index (χ1v) is 8.58. The number of nitrogens with zero attached hydrogens (tertiary/aromatic N) is 1. The van der Waals surface area contributed by atoms with Crippen molar-refractivity contribution in [1.82, 2.24) is 4.90 Å². The molecule has 0 aromatic rings. The molecule has 4 nitrogen and oxygen atoms in total. The van der Waals surface area contributed by atoms with Crippen LogP contribution in [0, 0.1) is 11.8 Å². The second-order valence-corrected chi connectivity index (χ2v) is 7.10. The maximum atomic E-state index is 12.4. The molecule has 0 radical (unpaired) electrons. The Bertz CT molecular complexity index is 339. The van der Waals surface area contributed by atoms with Gasteiger partial charge in [-0.1, -0.05) is 32.1 Å². The Balaban J connectivity index is 1.98. The summed E-state index contributed by atoms with van der Waals surface area (Å²) in [5, 5.41) is 11.2. The van der Waals surface area contributed by atoms with Crippen molar-refractivity contribution in [2.75, 3.05) is 27.2 Å². The Labute approximate surface area is 128 Å². The maximum absolute atomic E-state index is 12.4. The van der Waals surface area contributed by atoms with Crippen LogP contribution in [-0.2, 0) is 9.53 Å². The van der Waals surface area contributed by atoms with Gasteiger partial charge in [-0.25, -0.2) is 0 Å². The number of carbonyl (C=O) groups excluding carboxylic acids is 1. The van der Waals surface area contributed by atoms with Crippen molar-refractivity contribution in [2.24, 2.45) is 11.8 Å². The summed E-state index contributed by atoms with van der Waals surface area (Å²) in [4.78, 5) is 14.4. The van der Waals surface area contributed by atoms with Gasteiger partial charge >= 0.3 is 5.97 Å². The highest BCUT2D eigenvalue weighted by Gasteiger charge is 2.49. The van der Waals surface area contributed by atoms with E-state index in [4.69, 9.17) is 4.74 Å². The highest BCUT2D eigenvalue weighted by atomic mass is 16.5. The summed E-state index contributed by atoms with van der Waals surface area (Å²) in [5.74, 6) is -0.195. The second kappa shape index (κ2) is 7.59. The molecule has 0 aromatic heterocycles. The number of hydrogen-bond donors (Lipinski definition) is 1. The molecule has 2 aliphatic rings. The highest BCUT2D eigenvalue weighted by Crippen LogP contribution is 2.45. The van der Waals surface area contributed by atoms with Crippen molar-refractivity contribution in [3.8, 4) is 0 Å². The van der Waals surface area contributed by atoms with Crippen LogP contribution in [0.5, 0.6) is 0 Å². The summed E-state index contributed by atoms with van der Waals surface area (Å²) < 4.78 is 5.44. The average Bonchev–Trinajstić information content (AvgIpc) is 2.48. The van der Waals surface area contributed by atoms with Gasteiger partial charge in [0.15, 0.2) is 0 Å². The standard InChI is InChI=1S/C17H31NO3/c1-18(2)12-13-21-16(19)15-10-6-7-11-17(15,20)14-8-4-3-5-9-14/h14-15,20H,3-13H2,1-2H3/t15-,17+/m1/s1. The Morgan fingerprint density at radius 3 is 2.48 bits per heavy atom. The molecule has 0 spiro atoms. The molecule has 4 heteroatoms. The summed E-state index contributed by atoms with van der Waals surface area (Å²) in [6.07, 6.45) is 9.40. The lowest BCUT2D eigenvalue weighted by Gasteiger charge is -2.45. The normalized spacial score (nSPS) is 31.3. The second-order valence-electron chi connectivity index (χ2n) is 7.10. The summed E-state index contributed by atoms with van der Waals surface area (Å²) in [6.45, 7) is 1.16. The number of carbonyl (C=O) groups is 1. The molecule has 2 atom stereocenters. The lowest BCUT2D eigenvalue weighted by Crippen LogP contribution is -2.51. The summed E-state index contributed by atoms with van der Waals surface area (Å²) in [6, 6.07) is 0. The Morgan fingerprint density at radius 2 is 1.81 bits per heavy atom. The van der Waals surface area contributed by atoms with Gasteiger partial charge in [0.1, 0.15) is 6.61 Å². The van der Waals surface area contributed by atoms with E-state index in [1.165, 1.54) is 19.3 Å². The van der Waals surface area contributed by atoms with Crippen LogP contribution < -0.4 is 0 Å². The van der Waals surface area contributed by atoms with E-state index in [-0.39, 0.29) is 17.8 Å². The van der Waals surface area contributed by atoms with E-state index in [0.29, 0.717) is 6.61 Å². The Kier molecular flexibility index (Phi) is 6.06. The van der Waals surface area contributed by atoms with Gasteiger partial charge in [0.2, 0.25) is 0 Å². The molecule has 0 unspecified atom stereocenters. The van der Waals surface area contributed by atoms with Crippen LogP contribution in [-0.4, -0.2) is 48.8 Å². The Hall–Kier alpha value is -0.610. The van der Waals surface area contributed by atoms with E-state index in [1.807, 2.05) is 19.0 Å². The quantitative estimate of drug-likeness (QED) is 0.793. The lowest BCUT2D eigenvalue weighted by atomic mass is 9.64. The van der Waals surface area contributed by atoms with Crippen molar-refractivity contribution in [1.29, 1.82) is 0 Å². The molecular weight excluding hydrogens is 266 g/mol. The fourth-order valence-electron chi connectivity index (χ4n) is 4.02. The summed E-state index contributed by atoms with van der Waals surface area (Å²) in [7, 11) is 3.93. The predicted octanol–water partition coefficient (Wildman–Crippen LogP) is 2.59. The van der Waals surface area contributed by atoms with Crippen LogP contribution >= 0.6 is 0 Å². The fraction of sp³-hybridized carbons (Fsp3) is 0.941. The van der Waals surface area contributed by atoms with Gasteiger partial charge in [0.25, 0.3) is 0 Å². The third kappa shape index (κ3) is 4.19. The van der Waals surface area contributed by atoms with Crippen molar-refractivity contribution < 1.29 is 14.6 Å². The van der Waals surface area contributed by atoms with E-state index in [0.717, 1.165) is 45.1 Å². The number of hydrogen-bond acceptors (Lipinski definition) is 4. The van der Waals surface area contributed by atoms with Gasteiger partial charge in [-0.3, -0.25) is 4.79 Å². The van der Waals surface area contributed by atoms with E-state index in [9.17, 15) is 9.90 Å². The van der Waals surface area contributed by atoms with Crippen molar-refractivity contribution in [3.05, 3.63) is 0 Å². The first-order chi connectivity index (χ1) is 10.0. The molecule has 0 bridgehead atoms. The monoisotopic (exact) mass is 297 g/mol. The largest absolute Gasteiger partial charge is 0.464 e. The first kappa shape index (κ1) is 16.8. The van der Waals surface area contributed by atoms with E-state index < -0.39 is 5.60 Å². The van der Waals surface area contributed by atoms with Gasteiger partial charge in [0.05, 0.1) is 11.5 Å². The first-order valence-electron chi connectivity index (χ1n) is 8.58. The van der Waals surface area contributed by atoms with Crippen molar-refractivity contribution >= 4 is 5.97 Å². The number of esters is 1. The minimum atomic E-state index is -0.812. The minimum Gasteiger partial charge on any atom is -0.464 e. The van der Waals surface area contributed by atoms with Crippen molar-refractivity contribution in [3.63, 3.8) is 0 Å². The molecule has 2 saturated carbocycles.